The van der Waals surface area contributed by atoms with Crippen LogP contribution < -0.4 is 16.4 Å². The fourth-order valence-corrected chi connectivity index (χ4v) is 1.38. The third kappa shape index (κ3) is 4.37. The lowest BCUT2D eigenvalue weighted by Gasteiger charge is -2.12. The molecule has 8 heteroatoms. The minimum absolute atomic E-state index is 0.240. The Morgan fingerprint density at radius 3 is 2.47 bits per heavy atom. The summed E-state index contributed by atoms with van der Waals surface area (Å²) in [5.41, 5.74) is 5.62. The van der Waals surface area contributed by atoms with Crippen LogP contribution in [0.3, 0.4) is 0 Å². The number of carbonyl (C=O) groups is 3. The first-order chi connectivity index (χ1) is 8.00. The molecule has 0 saturated carbocycles. The monoisotopic (exact) mass is 245 g/mol. The van der Waals surface area contributed by atoms with Crippen molar-refractivity contribution < 1.29 is 24.2 Å². The molecule has 2 unspecified atom stereocenters. The van der Waals surface area contributed by atoms with Gasteiger partial charge >= 0.3 is 5.97 Å². The number of hydrogen-bond acceptors (Lipinski definition) is 5. The second-order valence-electron chi connectivity index (χ2n) is 3.70. The highest BCUT2D eigenvalue weighted by Gasteiger charge is 2.31. The van der Waals surface area contributed by atoms with Gasteiger partial charge < -0.3 is 26.2 Å². The van der Waals surface area contributed by atoms with E-state index in [1.807, 2.05) is 0 Å². The van der Waals surface area contributed by atoms with Crippen LogP contribution in [0, 0.1) is 5.92 Å². The summed E-state index contributed by atoms with van der Waals surface area (Å²) < 4.78 is 5.01. The van der Waals surface area contributed by atoms with Crippen LogP contribution in [0.2, 0.25) is 0 Å². The highest BCUT2D eigenvalue weighted by molar-refractivity contribution is 5.87. The number of carbonyl (C=O) groups excluding carboxylic acids is 2. The van der Waals surface area contributed by atoms with Crippen molar-refractivity contribution in [1.29, 1.82) is 0 Å². The number of hydrogen-bond donors (Lipinski definition) is 4. The minimum atomic E-state index is -1.14. The van der Waals surface area contributed by atoms with Crippen molar-refractivity contribution in [1.82, 2.24) is 10.6 Å². The quantitative estimate of drug-likeness (QED) is 0.416. The number of carboxylic acids is 1. The molecule has 17 heavy (non-hydrogen) atoms. The molecule has 0 aromatic heterocycles. The fourth-order valence-electron chi connectivity index (χ4n) is 1.38. The average molecular weight is 245 g/mol. The van der Waals surface area contributed by atoms with Crippen molar-refractivity contribution in [3.63, 3.8) is 0 Å². The van der Waals surface area contributed by atoms with E-state index in [0.717, 1.165) is 0 Å². The molecule has 2 amide bonds. The summed E-state index contributed by atoms with van der Waals surface area (Å²) >= 11 is 0. The van der Waals surface area contributed by atoms with Crippen molar-refractivity contribution in [3.8, 4) is 0 Å². The summed E-state index contributed by atoms with van der Waals surface area (Å²) in [6.45, 7) is -0.177. The van der Waals surface area contributed by atoms with E-state index < -0.39 is 24.3 Å². The molecule has 0 spiro atoms. The van der Waals surface area contributed by atoms with Gasteiger partial charge in [-0.2, -0.15) is 0 Å². The first-order valence-electron chi connectivity index (χ1n) is 5.10. The zero-order chi connectivity index (χ0) is 12.8. The van der Waals surface area contributed by atoms with Crippen LogP contribution in [0.25, 0.3) is 0 Å². The predicted molar refractivity (Wildman–Crippen MR) is 55.9 cm³/mol. The van der Waals surface area contributed by atoms with Crippen molar-refractivity contribution in [2.24, 2.45) is 11.7 Å². The molecule has 5 N–H and O–H groups in total. The third-order valence-electron chi connectivity index (χ3n) is 2.32. The molecule has 1 rings (SSSR count). The van der Waals surface area contributed by atoms with E-state index in [-0.39, 0.29) is 25.1 Å². The normalized spacial score (nSPS) is 23.1. The molecular weight excluding hydrogens is 230 g/mol. The topological polar surface area (TPSA) is 131 Å². The molecule has 0 aliphatic carbocycles. The molecule has 96 valence electrons. The lowest BCUT2D eigenvalue weighted by molar-refractivity contribution is -0.137. The van der Waals surface area contributed by atoms with Gasteiger partial charge in [0.2, 0.25) is 11.8 Å². The van der Waals surface area contributed by atoms with Crippen molar-refractivity contribution >= 4 is 17.8 Å². The summed E-state index contributed by atoms with van der Waals surface area (Å²) in [5.74, 6) is -2.52. The van der Waals surface area contributed by atoms with E-state index in [1.165, 1.54) is 0 Å². The van der Waals surface area contributed by atoms with Gasteiger partial charge in [0.15, 0.2) is 0 Å². The molecule has 0 radical (unpaired) electrons. The van der Waals surface area contributed by atoms with Gasteiger partial charge in [-0.25, -0.2) is 0 Å². The number of nitrogens with two attached hydrogens (primary N) is 1. The van der Waals surface area contributed by atoms with Gasteiger partial charge in [-0.05, 0) is 0 Å². The summed E-state index contributed by atoms with van der Waals surface area (Å²) in [6, 6.07) is -0.364. The highest BCUT2D eigenvalue weighted by Crippen LogP contribution is 2.10. The standard InChI is InChI=1S/C9H15N3O5/c10-6-4-17-3-5(6)9(16)12-1-7(13)11-2-8(14)15/h5-6H,1-4,10H2,(H,11,13)(H,12,16)(H,14,15). The van der Waals surface area contributed by atoms with Gasteiger partial charge in [-0.1, -0.05) is 0 Å². The first kappa shape index (κ1) is 13.4. The Hall–Kier alpha value is -1.67. The van der Waals surface area contributed by atoms with Crippen LogP contribution in [-0.4, -0.2) is 55.2 Å². The molecule has 0 aromatic carbocycles. The second kappa shape index (κ2) is 6.16. The highest BCUT2D eigenvalue weighted by atomic mass is 16.5. The number of ether oxygens (including phenoxy) is 1. The number of rotatable bonds is 5. The molecule has 8 nitrogen and oxygen atoms in total. The first-order valence-corrected chi connectivity index (χ1v) is 5.10. The third-order valence-corrected chi connectivity index (χ3v) is 2.32. The molecule has 1 fully saturated rings. The van der Waals surface area contributed by atoms with Crippen LogP contribution in [0.15, 0.2) is 0 Å². The Balaban J connectivity index is 2.23. The van der Waals surface area contributed by atoms with Crippen molar-refractivity contribution in [3.05, 3.63) is 0 Å². The summed E-state index contributed by atoms with van der Waals surface area (Å²) in [6.07, 6.45) is 0. The zero-order valence-corrected chi connectivity index (χ0v) is 9.14. The predicted octanol–water partition coefficient (Wildman–Crippen LogP) is -2.72. The number of aliphatic carboxylic acids is 1. The molecule has 1 saturated heterocycles. The van der Waals surface area contributed by atoms with Crippen LogP contribution in [0.1, 0.15) is 0 Å². The van der Waals surface area contributed by atoms with Crippen LogP contribution in [-0.2, 0) is 19.1 Å². The van der Waals surface area contributed by atoms with Crippen LogP contribution >= 0.6 is 0 Å². The largest absolute Gasteiger partial charge is 0.480 e. The van der Waals surface area contributed by atoms with Gasteiger partial charge in [-0.15, -0.1) is 0 Å². The Labute approximate surface area is 97.5 Å². The molecule has 0 bridgehead atoms. The maximum absolute atomic E-state index is 11.5. The second-order valence-corrected chi connectivity index (χ2v) is 3.70. The van der Waals surface area contributed by atoms with Crippen molar-refractivity contribution in [2.75, 3.05) is 26.3 Å². The maximum Gasteiger partial charge on any atom is 0.322 e. The maximum atomic E-state index is 11.5. The van der Waals surface area contributed by atoms with E-state index in [0.29, 0.717) is 6.61 Å². The Morgan fingerprint density at radius 2 is 1.94 bits per heavy atom. The smallest absolute Gasteiger partial charge is 0.322 e. The molecule has 1 aliphatic rings. The summed E-state index contributed by atoms with van der Waals surface area (Å²) in [4.78, 5) is 32.8. The lowest BCUT2D eigenvalue weighted by Crippen LogP contribution is -2.45. The molecular formula is C9H15N3O5. The van der Waals surface area contributed by atoms with Gasteiger partial charge in [0.1, 0.15) is 6.54 Å². The fraction of sp³-hybridized carbons (Fsp3) is 0.667. The lowest BCUT2D eigenvalue weighted by atomic mass is 10.0. The molecule has 1 heterocycles. The average Bonchev–Trinajstić information content (AvgIpc) is 2.69. The Morgan fingerprint density at radius 1 is 1.24 bits per heavy atom. The summed E-state index contributed by atoms with van der Waals surface area (Å²) in [5, 5.41) is 12.8. The van der Waals surface area contributed by atoms with Gasteiger partial charge in [0.25, 0.3) is 0 Å². The van der Waals surface area contributed by atoms with Crippen molar-refractivity contribution in [2.45, 2.75) is 6.04 Å². The van der Waals surface area contributed by atoms with E-state index in [1.54, 1.807) is 0 Å². The van der Waals surface area contributed by atoms with E-state index in [9.17, 15) is 14.4 Å². The minimum Gasteiger partial charge on any atom is -0.480 e. The van der Waals surface area contributed by atoms with Crippen LogP contribution in [0.5, 0.6) is 0 Å². The van der Waals surface area contributed by atoms with E-state index >= 15 is 0 Å². The Kier molecular flexibility index (Phi) is 4.85. The zero-order valence-electron chi connectivity index (χ0n) is 9.14. The van der Waals surface area contributed by atoms with Crippen LogP contribution in [0.4, 0.5) is 0 Å². The van der Waals surface area contributed by atoms with E-state index in [2.05, 4.69) is 10.6 Å². The number of amides is 2. The molecule has 0 aromatic rings. The summed E-state index contributed by atoms with van der Waals surface area (Å²) in [7, 11) is 0. The molecule has 1 aliphatic heterocycles. The Bertz CT molecular complexity index is 320. The SMILES string of the molecule is NC1COCC1C(=O)NCC(=O)NCC(=O)O. The number of nitrogens with one attached hydrogen (secondary N) is 2. The molecule has 2 atom stereocenters. The van der Waals surface area contributed by atoms with Gasteiger partial charge in [-0.3, -0.25) is 14.4 Å². The van der Waals surface area contributed by atoms with Gasteiger partial charge in [0, 0.05) is 6.04 Å². The van der Waals surface area contributed by atoms with E-state index in [4.69, 9.17) is 15.6 Å². The number of carboxylic acid groups (broad SMARTS) is 1. The van der Waals surface area contributed by atoms with Gasteiger partial charge in [0.05, 0.1) is 25.7 Å².